The van der Waals surface area contributed by atoms with Crippen molar-refractivity contribution in [3.05, 3.63) is 59.7 Å². The third-order valence-electron chi connectivity index (χ3n) is 3.71. The summed E-state index contributed by atoms with van der Waals surface area (Å²) in [6, 6.07) is 14.0. The minimum Gasteiger partial charge on any atom is -0.399 e. The quantitative estimate of drug-likeness (QED) is 0.452. The number of rotatable bonds is 9. The van der Waals surface area contributed by atoms with Gasteiger partial charge in [0, 0.05) is 36.7 Å². The van der Waals surface area contributed by atoms with Crippen LogP contribution in [0.4, 0.5) is 11.4 Å². The first-order valence-electron chi connectivity index (χ1n) is 8.68. The lowest BCUT2D eigenvalue weighted by atomic mass is 10.1. The zero-order valence-electron chi connectivity index (χ0n) is 15.4. The number of hydrogen-bond acceptors (Lipinski definition) is 4. The fourth-order valence-corrected chi connectivity index (χ4v) is 2.39. The lowest BCUT2D eigenvalue weighted by molar-refractivity contribution is -0.115. The summed E-state index contributed by atoms with van der Waals surface area (Å²) >= 11 is 0. The van der Waals surface area contributed by atoms with Gasteiger partial charge in [-0.3, -0.25) is 9.59 Å². The van der Waals surface area contributed by atoms with Crippen molar-refractivity contribution >= 4 is 35.6 Å². The number of nitrogens with one attached hydrogen (secondary N) is 2. The summed E-state index contributed by atoms with van der Waals surface area (Å²) in [4.78, 5) is 24.3. The highest BCUT2D eigenvalue weighted by atomic mass is 35.5. The van der Waals surface area contributed by atoms with Crippen molar-refractivity contribution in [2.45, 2.75) is 19.8 Å². The smallest absolute Gasteiger partial charge is 0.251 e. The van der Waals surface area contributed by atoms with E-state index in [4.69, 9.17) is 10.5 Å². The van der Waals surface area contributed by atoms with Gasteiger partial charge in [-0.05, 0) is 49.2 Å². The maximum Gasteiger partial charge on any atom is 0.251 e. The van der Waals surface area contributed by atoms with Crippen molar-refractivity contribution < 1.29 is 14.3 Å². The molecule has 0 heterocycles. The number of carbonyl (C=O) groups is 2. The Kier molecular flexibility index (Phi) is 9.93. The van der Waals surface area contributed by atoms with Crippen LogP contribution in [-0.2, 0) is 16.0 Å². The molecule has 0 aromatic heterocycles. The van der Waals surface area contributed by atoms with E-state index >= 15 is 0 Å². The fraction of sp³-hybridized carbons (Fsp3) is 0.300. The molecule has 0 aliphatic heterocycles. The summed E-state index contributed by atoms with van der Waals surface area (Å²) in [5.41, 5.74) is 8.27. The lowest BCUT2D eigenvalue weighted by Gasteiger charge is -2.09. The summed E-state index contributed by atoms with van der Waals surface area (Å²) in [6.07, 6.45) is 1.01. The number of anilines is 2. The molecule has 2 amide bonds. The fourth-order valence-electron chi connectivity index (χ4n) is 2.39. The van der Waals surface area contributed by atoms with E-state index in [1.54, 1.807) is 36.4 Å². The van der Waals surface area contributed by atoms with Crippen LogP contribution in [0.5, 0.6) is 0 Å². The Balaban J connectivity index is 0.00000364. The maximum atomic E-state index is 12.2. The molecule has 0 atom stereocenters. The number of amides is 2. The molecule has 0 saturated heterocycles. The van der Waals surface area contributed by atoms with Crippen LogP contribution in [0, 0.1) is 0 Å². The molecule has 27 heavy (non-hydrogen) atoms. The highest BCUT2D eigenvalue weighted by Crippen LogP contribution is 2.12. The predicted octanol–water partition coefficient (Wildman–Crippen LogP) is 3.03. The molecular formula is C20H26ClN3O3. The standard InChI is InChI=1S/C20H25N3O3.ClH/c1-2-26-12-4-11-22-20(25)16-5-3-6-18(14-16)23-19(24)13-15-7-9-17(21)10-8-15;/h3,5-10,14H,2,4,11-13,21H2,1H3,(H,22,25)(H,23,24);1H. The second kappa shape index (κ2) is 11.9. The highest BCUT2D eigenvalue weighted by molar-refractivity contribution is 5.97. The minimum absolute atomic E-state index is 0. The number of nitrogens with two attached hydrogens (primary N) is 1. The van der Waals surface area contributed by atoms with E-state index in [0.29, 0.717) is 36.7 Å². The van der Waals surface area contributed by atoms with Crippen LogP contribution >= 0.6 is 12.4 Å². The first-order valence-corrected chi connectivity index (χ1v) is 8.68. The molecule has 2 aromatic rings. The van der Waals surface area contributed by atoms with Crippen LogP contribution in [0.15, 0.2) is 48.5 Å². The minimum atomic E-state index is -0.170. The van der Waals surface area contributed by atoms with E-state index in [-0.39, 0.29) is 30.6 Å². The Morgan fingerprint density at radius 1 is 1.11 bits per heavy atom. The van der Waals surface area contributed by atoms with Crippen molar-refractivity contribution in [3.8, 4) is 0 Å². The van der Waals surface area contributed by atoms with E-state index in [2.05, 4.69) is 10.6 Å². The van der Waals surface area contributed by atoms with Crippen molar-refractivity contribution in [1.82, 2.24) is 5.32 Å². The molecule has 0 aliphatic carbocycles. The molecule has 0 spiro atoms. The molecule has 0 fully saturated rings. The van der Waals surface area contributed by atoms with E-state index < -0.39 is 0 Å². The van der Waals surface area contributed by atoms with E-state index in [1.807, 2.05) is 19.1 Å². The normalized spacial score (nSPS) is 9.96. The molecule has 0 saturated carbocycles. The van der Waals surface area contributed by atoms with Crippen LogP contribution in [0.25, 0.3) is 0 Å². The van der Waals surface area contributed by atoms with Gasteiger partial charge in [0.05, 0.1) is 6.42 Å². The third-order valence-corrected chi connectivity index (χ3v) is 3.71. The van der Waals surface area contributed by atoms with Gasteiger partial charge in [0.15, 0.2) is 0 Å². The summed E-state index contributed by atoms with van der Waals surface area (Å²) in [7, 11) is 0. The molecule has 2 aromatic carbocycles. The van der Waals surface area contributed by atoms with E-state index in [1.165, 1.54) is 0 Å². The zero-order valence-corrected chi connectivity index (χ0v) is 16.2. The van der Waals surface area contributed by atoms with E-state index in [9.17, 15) is 9.59 Å². The molecule has 0 bridgehead atoms. The monoisotopic (exact) mass is 391 g/mol. The van der Waals surface area contributed by atoms with Gasteiger partial charge in [-0.2, -0.15) is 0 Å². The predicted molar refractivity (Wildman–Crippen MR) is 110 cm³/mol. The van der Waals surface area contributed by atoms with E-state index in [0.717, 1.165) is 12.0 Å². The van der Waals surface area contributed by atoms with Crippen LogP contribution in [0.1, 0.15) is 29.3 Å². The summed E-state index contributed by atoms with van der Waals surface area (Å²) < 4.78 is 5.23. The molecule has 6 nitrogen and oxygen atoms in total. The van der Waals surface area contributed by atoms with Crippen LogP contribution in [0.2, 0.25) is 0 Å². The Labute approximate surface area is 165 Å². The Hall–Kier alpha value is -2.57. The lowest BCUT2D eigenvalue weighted by Crippen LogP contribution is -2.25. The largest absolute Gasteiger partial charge is 0.399 e. The van der Waals surface area contributed by atoms with Crippen LogP contribution < -0.4 is 16.4 Å². The molecule has 2 rings (SSSR count). The van der Waals surface area contributed by atoms with Gasteiger partial charge in [0.25, 0.3) is 5.91 Å². The molecular weight excluding hydrogens is 366 g/mol. The zero-order chi connectivity index (χ0) is 18.8. The average Bonchev–Trinajstić information content (AvgIpc) is 2.63. The van der Waals surface area contributed by atoms with Gasteiger partial charge in [0.2, 0.25) is 5.91 Å². The molecule has 0 aliphatic rings. The number of nitrogen functional groups attached to an aromatic ring is 1. The number of benzene rings is 2. The topological polar surface area (TPSA) is 93.5 Å². The maximum absolute atomic E-state index is 12.2. The van der Waals surface area contributed by atoms with Crippen molar-refractivity contribution in [2.24, 2.45) is 0 Å². The van der Waals surface area contributed by atoms with Gasteiger partial charge in [0.1, 0.15) is 0 Å². The van der Waals surface area contributed by atoms with Gasteiger partial charge < -0.3 is 21.1 Å². The Morgan fingerprint density at radius 2 is 1.85 bits per heavy atom. The Bertz CT molecular complexity index is 736. The highest BCUT2D eigenvalue weighted by Gasteiger charge is 2.08. The summed E-state index contributed by atoms with van der Waals surface area (Å²) in [6.45, 7) is 3.78. The molecule has 4 N–H and O–H groups in total. The number of carbonyl (C=O) groups excluding carboxylic acids is 2. The van der Waals surface area contributed by atoms with Crippen molar-refractivity contribution in [1.29, 1.82) is 0 Å². The molecule has 0 unspecified atom stereocenters. The third kappa shape index (κ3) is 8.11. The first kappa shape index (κ1) is 22.5. The molecule has 146 valence electrons. The number of ether oxygens (including phenoxy) is 1. The first-order chi connectivity index (χ1) is 12.6. The van der Waals surface area contributed by atoms with Gasteiger partial charge >= 0.3 is 0 Å². The van der Waals surface area contributed by atoms with Crippen molar-refractivity contribution in [2.75, 3.05) is 30.8 Å². The molecule has 7 heteroatoms. The SMILES string of the molecule is CCOCCCNC(=O)c1cccc(NC(=O)Cc2ccc(N)cc2)c1.Cl. The van der Waals surface area contributed by atoms with Gasteiger partial charge in [-0.25, -0.2) is 0 Å². The summed E-state index contributed by atoms with van der Waals surface area (Å²) in [5, 5.41) is 5.65. The number of halogens is 1. The second-order valence-electron chi connectivity index (χ2n) is 5.85. The van der Waals surface area contributed by atoms with Gasteiger partial charge in [-0.1, -0.05) is 18.2 Å². The van der Waals surface area contributed by atoms with Crippen LogP contribution in [0.3, 0.4) is 0 Å². The average molecular weight is 392 g/mol. The van der Waals surface area contributed by atoms with Gasteiger partial charge in [-0.15, -0.1) is 12.4 Å². The van der Waals surface area contributed by atoms with Crippen molar-refractivity contribution in [3.63, 3.8) is 0 Å². The summed E-state index contributed by atoms with van der Waals surface area (Å²) in [5.74, 6) is -0.319. The second-order valence-corrected chi connectivity index (χ2v) is 5.85. The Morgan fingerprint density at radius 3 is 2.56 bits per heavy atom. The van der Waals surface area contributed by atoms with Crippen LogP contribution in [-0.4, -0.2) is 31.6 Å². The number of hydrogen-bond donors (Lipinski definition) is 3. The molecule has 0 radical (unpaired) electrons.